The number of fused-ring (bicyclic) bond motifs is 3. The Hall–Kier alpha value is -3.20. The summed E-state index contributed by atoms with van der Waals surface area (Å²) in [5.74, 6) is -0.597. The van der Waals surface area contributed by atoms with Crippen molar-refractivity contribution in [2.45, 2.75) is 104 Å². The van der Waals surface area contributed by atoms with E-state index in [0.717, 1.165) is 81.3 Å². The van der Waals surface area contributed by atoms with Gasteiger partial charge in [0.1, 0.15) is 5.75 Å². The van der Waals surface area contributed by atoms with Crippen LogP contribution < -0.4 is 0 Å². The quantitative estimate of drug-likeness (QED) is 0.168. The van der Waals surface area contributed by atoms with Crippen LogP contribution in [0.2, 0.25) is 6.32 Å². The maximum Gasteiger partial charge on any atom is 0.455 e. The smallest absolute Gasteiger partial charge is 0.455 e. The summed E-state index contributed by atoms with van der Waals surface area (Å²) in [5, 5.41) is 21.3. The summed E-state index contributed by atoms with van der Waals surface area (Å²) in [6.07, 6.45) is 8.77. The van der Waals surface area contributed by atoms with Crippen molar-refractivity contribution >= 4 is 25.0 Å². The molecule has 250 valence electrons. The minimum Gasteiger partial charge on any atom is -0.507 e. The molecule has 0 radical (unpaired) electrons. The zero-order valence-corrected chi connectivity index (χ0v) is 28.6. The topological polar surface area (TPSA) is 90.3 Å². The summed E-state index contributed by atoms with van der Waals surface area (Å²) in [5.41, 5.74) is 7.81. The fraction of sp³-hybridized carbons (Fsp3) is 0.538. The number of aryl methyl sites for hydroxylation is 2. The van der Waals surface area contributed by atoms with Crippen molar-refractivity contribution in [3.63, 3.8) is 0 Å². The van der Waals surface area contributed by atoms with Crippen LogP contribution in [0.15, 0.2) is 59.2 Å². The molecule has 2 amide bonds. The van der Waals surface area contributed by atoms with Crippen molar-refractivity contribution in [1.82, 2.24) is 9.80 Å². The highest BCUT2D eigenvalue weighted by Crippen LogP contribution is 2.52. The van der Waals surface area contributed by atoms with E-state index < -0.39 is 13.0 Å². The van der Waals surface area contributed by atoms with E-state index in [-0.39, 0.29) is 35.8 Å². The average molecular weight is 639 g/mol. The van der Waals surface area contributed by atoms with E-state index in [1.165, 1.54) is 22.3 Å². The van der Waals surface area contributed by atoms with Gasteiger partial charge in [-0.3, -0.25) is 19.4 Å². The van der Waals surface area contributed by atoms with E-state index in [9.17, 15) is 19.7 Å². The van der Waals surface area contributed by atoms with Gasteiger partial charge in [0.2, 0.25) is 11.8 Å². The lowest BCUT2D eigenvalue weighted by Gasteiger charge is -2.43. The third-order valence-corrected chi connectivity index (χ3v) is 11.1. The number of aromatic hydroxyl groups is 1. The first-order chi connectivity index (χ1) is 22.7. The van der Waals surface area contributed by atoms with E-state index in [0.29, 0.717) is 18.5 Å². The first-order valence-corrected chi connectivity index (χ1v) is 17.9. The summed E-state index contributed by atoms with van der Waals surface area (Å²) in [7, 11) is -0.954. The molecule has 3 aliphatic heterocycles. The number of hydrogen-bond donors (Lipinski definition) is 2. The highest BCUT2D eigenvalue weighted by molar-refractivity contribution is 6.43. The Morgan fingerprint density at radius 3 is 2.38 bits per heavy atom. The van der Waals surface area contributed by atoms with Crippen LogP contribution in [0.25, 0.3) is 6.08 Å². The number of allylic oxidation sites excluding steroid dienone is 2. The number of rotatable bonds is 10. The maximum absolute atomic E-state index is 14.3. The van der Waals surface area contributed by atoms with E-state index in [2.05, 4.69) is 49.1 Å². The number of amides is 2. The lowest BCUT2D eigenvalue weighted by atomic mass is 9.58. The fourth-order valence-corrected chi connectivity index (χ4v) is 8.84. The lowest BCUT2D eigenvalue weighted by Crippen LogP contribution is -2.48. The number of nitrogens with zero attached hydrogens (tertiary/aromatic N) is 2. The Labute approximate surface area is 280 Å². The molecule has 1 aliphatic carbocycles. The van der Waals surface area contributed by atoms with Crippen LogP contribution in [0.4, 0.5) is 0 Å². The van der Waals surface area contributed by atoms with Crippen LogP contribution in [0.3, 0.4) is 0 Å². The molecule has 0 aromatic heterocycles. The molecule has 2 aromatic rings. The summed E-state index contributed by atoms with van der Waals surface area (Å²) in [6.45, 7) is 10.8. The van der Waals surface area contributed by atoms with Crippen molar-refractivity contribution in [1.29, 1.82) is 0 Å². The van der Waals surface area contributed by atoms with Crippen LogP contribution in [0, 0.1) is 31.6 Å². The van der Waals surface area contributed by atoms with Gasteiger partial charge in [-0.15, -0.1) is 0 Å². The van der Waals surface area contributed by atoms with Gasteiger partial charge in [-0.1, -0.05) is 67.8 Å². The van der Waals surface area contributed by atoms with E-state index in [4.69, 9.17) is 4.65 Å². The van der Waals surface area contributed by atoms with Crippen LogP contribution >= 0.6 is 0 Å². The third-order valence-electron chi connectivity index (χ3n) is 11.1. The van der Waals surface area contributed by atoms with Gasteiger partial charge in [-0.25, -0.2) is 0 Å². The Morgan fingerprint density at radius 2 is 1.72 bits per heavy atom. The molecule has 3 fully saturated rings. The Balaban J connectivity index is 1.19. The second kappa shape index (κ2) is 14.5. The van der Waals surface area contributed by atoms with Crippen molar-refractivity contribution in [2.24, 2.45) is 17.8 Å². The zero-order chi connectivity index (χ0) is 33.2. The first-order valence-electron chi connectivity index (χ1n) is 17.9. The number of piperidine rings is 1. The fourth-order valence-electron chi connectivity index (χ4n) is 8.84. The van der Waals surface area contributed by atoms with E-state index >= 15 is 0 Å². The minimum absolute atomic E-state index is 0.00220. The molecule has 2 aromatic carbocycles. The van der Waals surface area contributed by atoms with Gasteiger partial charge in [0.05, 0.1) is 17.9 Å². The second-order valence-electron chi connectivity index (χ2n) is 14.3. The number of hydrogen-bond acceptors (Lipinski definition) is 6. The van der Waals surface area contributed by atoms with Gasteiger partial charge < -0.3 is 14.8 Å². The van der Waals surface area contributed by atoms with Crippen LogP contribution in [0.1, 0.15) is 87.5 Å². The summed E-state index contributed by atoms with van der Waals surface area (Å²) >= 11 is 0. The molecule has 0 unspecified atom stereocenters. The first kappa shape index (κ1) is 33.7. The molecular weight excluding hydrogens is 587 g/mol. The largest absolute Gasteiger partial charge is 0.507 e. The summed E-state index contributed by atoms with van der Waals surface area (Å²) in [4.78, 5) is 32.4. The van der Waals surface area contributed by atoms with E-state index in [1.54, 1.807) is 4.90 Å². The predicted molar refractivity (Wildman–Crippen MR) is 186 cm³/mol. The molecule has 4 atom stereocenters. The average Bonchev–Trinajstić information content (AvgIpc) is 3.31. The minimum atomic E-state index is -0.954. The highest BCUT2D eigenvalue weighted by Gasteiger charge is 2.58. The number of likely N-dealkylation sites (tertiary alicyclic amines) is 2. The zero-order valence-electron chi connectivity index (χ0n) is 28.6. The predicted octanol–water partition coefficient (Wildman–Crippen LogP) is 6.84. The number of benzene rings is 2. The summed E-state index contributed by atoms with van der Waals surface area (Å²) < 4.78 is 6.27. The van der Waals surface area contributed by atoms with Gasteiger partial charge in [-0.05, 0) is 111 Å². The Morgan fingerprint density at radius 1 is 1.02 bits per heavy atom. The summed E-state index contributed by atoms with van der Waals surface area (Å²) in [6, 6.07) is 14.4. The van der Waals surface area contributed by atoms with Gasteiger partial charge in [0.25, 0.3) is 0 Å². The lowest BCUT2D eigenvalue weighted by molar-refractivity contribution is -0.144. The third kappa shape index (κ3) is 7.01. The van der Waals surface area contributed by atoms with E-state index in [1.807, 2.05) is 32.0 Å². The SMILES string of the molecule is CCCC1=C2[C@@H](CC/C(=C/c3cc(C)c(O)c(C)c3)CC)OB(O)C[C@@H]2[C@@H]2C(=O)N(C3CCN(Cc4ccccc4)CC3)C(=O)[C@@H]2C1. The van der Waals surface area contributed by atoms with Crippen LogP contribution in [0.5, 0.6) is 5.75 Å². The van der Waals surface area contributed by atoms with Crippen molar-refractivity contribution in [3.8, 4) is 5.75 Å². The molecule has 0 spiro atoms. The number of carbonyl (C=O) groups is 2. The molecule has 6 rings (SSSR count). The number of carbonyl (C=O) groups excluding carboxylic acids is 2. The monoisotopic (exact) mass is 638 g/mol. The molecule has 3 saturated heterocycles. The van der Waals surface area contributed by atoms with Crippen molar-refractivity contribution in [3.05, 3.63) is 81.4 Å². The number of phenolic OH excluding ortho intramolecular Hbond substituents is 1. The van der Waals surface area contributed by atoms with Gasteiger partial charge in [-0.2, -0.15) is 0 Å². The van der Waals surface area contributed by atoms with Crippen LogP contribution in [-0.4, -0.2) is 64.1 Å². The Bertz CT molecular complexity index is 1510. The standard InChI is InChI=1S/C39H51BN2O5/c1-5-10-30-22-32-36(39(45)42(38(32)44)31-15-17-41(18-16-31)24-28-11-8-7-9-12-28)33-23-40(46)47-34(35(30)33)14-13-27(6-2)21-29-19-25(3)37(43)26(4)20-29/h7-9,11-12,19-21,31-34,36,43,46H,5-6,10,13-18,22-24H2,1-4H3/b27-21+/t32-,33+,34-,36-/m1/s1. The Kier molecular flexibility index (Phi) is 10.4. The molecule has 2 N–H and O–H groups in total. The van der Waals surface area contributed by atoms with Gasteiger partial charge in [0.15, 0.2) is 0 Å². The molecule has 0 saturated carbocycles. The van der Waals surface area contributed by atoms with Crippen molar-refractivity contribution in [2.75, 3.05) is 13.1 Å². The maximum atomic E-state index is 14.3. The molecule has 8 heteroatoms. The molecule has 47 heavy (non-hydrogen) atoms. The van der Waals surface area contributed by atoms with Gasteiger partial charge in [0, 0.05) is 25.7 Å². The second-order valence-corrected chi connectivity index (χ2v) is 14.3. The molecular formula is C39H51BN2O5. The number of imide groups is 1. The van der Waals surface area contributed by atoms with Crippen LogP contribution in [-0.2, 0) is 20.8 Å². The molecule has 4 aliphatic rings. The van der Waals surface area contributed by atoms with Gasteiger partial charge >= 0.3 is 7.12 Å². The molecule has 3 heterocycles. The normalized spacial score (nSPS) is 25.9. The number of phenols is 1. The molecule has 7 nitrogen and oxygen atoms in total. The molecule has 0 bridgehead atoms. The highest BCUT2D eigenvalue weighted by atomic mass is 16.5. The van der Waals surface area contributed by atoms with Crippen molar-refractivity contribution < 1.29 is 24.4 Å².